The summed E-state index contributed by atoms with van der Waals surface area (Å²) in [6.45, 7) is 0. The zero-order chi connectivity index (χ0) is 16.4. The minimum absolute atomic E-state index is 0.0850. The molecule has 0 saturated heterocycles. The summed E-state index contributed by atoms with van der Waals surface area (Å²) < 4.78 is 11.8. The van der Waals surface area contributed by atoms with Gasteiger partial charge in [0.2, 0.25) is 0 Å². The molecular formula is C16H13N3O3S2. The lowest BCUT2D eigenvalue weighted by atomic mass is 10.1. The Bertz CT molecular complexity index is 826. The molecule has 3 aromatic rings. The summed E-state index contributed by atoms with van der Waals surface area (Å²) in [5.74, 6) is 1.58. The van der Waals surface area contributed by atoms with Crippen molar-refractivity contribution in [1.82, 2.24) is 9.99 Å². The smallest absolute Gasteiger partial charge is 0.253 e. The number of hydrazone groups is 1. The predicted molar refractivity (Wildman–Crippen MR) is 91.0 cm³/mol. The van der Waals surface area contributed by atoms with E-state index in [1.807, 2.05) is 29.6 Å². The Morgan fingerprint density at radius 3 is 2.92 bits per heavy atom. The summed E-state index contributed by atoms with van der Waals surface area (Å²) in [5.41, 5.74) is 0.744. The van der Waals surface area contributed by atoms with Crippen molar-refractivity contribution < 1.29 is 13.6 Å². The number of rotatable bonds is 5. The van der Waals surface area contributed by atoms with Crippen LogP contribution in [0.1, 0.15) is 24.0 Å². The molecule has 4 rings (SSSR count). The molecule has 8 heteroatoms. The lowest BCUT2D eigenvalue weighted by Crippen LogP contribution is -2.28. The molecular weight excluding hydrogens is 346 g/mol. The Kier molecular flexibility index (Phi) is 4.22. The second-order valence-corrected chi connectivity index (χ2v) is 7.20. The molecule has 0 fully saturated rings. The lowest BCUT2D eigenvalue weighted by Gasteiger charge is -2.19. The molecule has 3 aromatic heterocycles. The molecule has 0 bridgehead atoms. The summed E-state index contributed by atoms with van der Waals surface area (Å²) in [6.07, 6.45) is 5.50. The number of carbonyl (C=O) groups is 1. The topological polar surface area (TPSA) is 71.8 Å². The quantitative estimate of drug-likeness (QED) is 0.648. The van der Waals surface area contributed by atoms with Gasteiger partial charge in [-0.1, -0.05) is 11.8 Å². The molecule has 1 amide bonds. The molecule has 1 atom stereocenters. The van der Waals surface area contributed by atoms with Crippen molar-refractivity contribution in [3.8, 4) is 0 Å². The maximum Gasteiger partial charge on any atom is 0.253 e. The van der Waals surface area contributed by atoms with E-state index in [4.69, 9.17) is 8.83 Å². The highest BCUT2D eigenvalue weighted by Gasteiger charge is 2.35. The van der Waals surface area contributed by atoms with Gasteiger partial charge in [0, 0.05) is 18.0 Å². The van der Waals surface area contributed by atoms with E-state index in [9.17, 15) is 4.79 Å². The summed E-state index contributed by atoms with van der Waals surface area (Å²) in [7, 11) is 0. The largest absolute Gasteiger partial charge is 0.467 e. The van der Waals surface area contributed by atoms with Gasteiger partial charge in [-0.05, 0) is 24.3 Å². The predicted octanol–water partition coefficient (Wildman–Crippen LogP) is 3.80. The fourth-order valence-electron chi connectivity index (χ4n) is 2.51. The van der Waals surface area contributed by atoms with Crippen molar-refractivity contribution in [1.29, 1.82) is 0 Å². The van der Waals surface area contributed by atoms with Gasteiger partial charge in [0.1, 0.15) is 27.6 Å². The van der Waals surface area contributed by atoms with Crippen LogP contribution in [0.25, 0.3) is 0 Å². The molecule has 122 valence electrons. The maximum atomic E-state index is 12.7. The zero-order valence-electron chi connectivity index (χ0n) is 12.5. The first kappa shape index (κ1) is 15.2. The second-order valence-electron chi connectivity index (χ2n) is 5.08. The number of aromatic nitrogens is 1. The van der Waals surface area contributed by atoms with Crippen molar-refractivity contribution in [3.63, 3.8) is 0 Å². The van der Waals surface area contributed by atoms with Crippen LogP contribution >= 0.6 is 23.1 Å². The molecule has 0 aromatic carbocycles. The van der Waals surface area contributed by atoms with E-state index in [0.717, 1.165) is 10.1 Å². The second kappa shape index (κ2) is 6.66. The van der Waals surface area contributed by atoms with Crippen LogP contribution in [0.3, 0.4) is 0 Å². The summed E-state index contributed by atoms with van der Waals surface area (Å²) in [4.78, 5) is 16.8. The fourth-order valence-corrected chi connectivity index (χ4v) is 4.00. The normalized spacial score (nSPS) is 17.2. The van der Waals surface area contributed by atoms with Crippen LogP contribution < -0.4 is 0 Å². The zero-order valence-corrected chi connectivity index (χ0v) is 14.1. The van der Waals surface area contributed by atoms with Gasteiger partial charge >= 0.3 is 0 Å². The summed E-state index contributed by atoms with van der Waals surface area (Å²) >= 11 is 2.93. The third kappa shape index (κ3) is 3.02. The van der Waals surface area contributed by atoms with Gasteiger partial charge in [-0.15, -0.1) is 11.3 Å². The summed E-state index contributed by atoms with van der Waals surface area (Å²) in [6, 6.07) is 7.08. The molecule has 0 aliphatic carbocycles. The molecule has 0 saturated carbocycles. The number of hydrogen-bond acceptors (Lipinski definition) is 7. The molecule has 24 heavy (non-hydrogen) atoms. The Labute approximate surface area is 146 Å². The molecule has 1 aliphatic heterocycles. The molecule has 4 heterocycles. The Morgan fingerprint density at radius 2 is 2.21 bits per heavy atom. The van der Waals surface area contributed by atoms with Crippen molar-refractivity contribution in [2.75, 3.05) is 5.75 Å². The molecule has 6 nitrogen and oxygen atoms in total. The number of furan rings is 2. The number of nitrogens with zero attached hydrogens (tertiary/aromatic N) is 3. The average Bonchev–Trinajstić information content (AvgIpc) is 3.40. The van der Waals surface area contributed by atoms with E-state index in [1.54, 1.807) is 18.7 Å². The van der Waals surface area contributed by atoms with E-state index in [2.05, 4.69) is 10.1 Å². The Hall–Kier alpha value is -2.32. The Balaban J connectivity index is 1.55. The monoisotopic (exact) mass is 359 g/mol. The van der Waals surface area contributed by atoms with Crippen molar-refractivity contribution in [2.24, 2.45) is 5.10 Å². The Morgan fingerprint density at radius 1 is 1.33 bits per heavy atom. The minimum atomic E-state index is -0.246. The van der Waals surface area contributed by atoms with Crippen molar-refractivity contribution >= 4 is 34.7 Å². The van der Waals surface area contributed by atoms with Gasteiger partial charge in [0.05, 0.1) is 18.3 Å². The molecule has 0 N–H and O–H groups in total. The first-order chi connectivity index (χ1) is 11.8. The number of hydrogen-bond donors (Lipinski definition) is 0. The van der Waals surface area contributed by atoms with Gasteiger partial charge in [0.15, 0.2) is 0 Å². The van der Waals surface area contributed by atoms with Crippen molar-refractivity contribution in [3.05, 3.63) is 59.9 Å². The van der Waals surface area contributed by atoms with Crippen LogP contribution in [0.4, 0.5) is 0 Å². The SMILES string of the molecule is O=C(CSc1nccs1)N1N=C(c2ccco2)CC1c1ccco1. The van der Waals surface area contributed by atoms with Gasteiger partial charge in [-0.3, -0.25) is 4.79 Å². The minimum Gasteiger partial charge on any atom is -0.467 e. The summed E-state index contributed by atoms with van der Waals surface area (Å²) in [5, 5.41) is 7.87. The van der Waals surface area contributed by atoms with E-state index in [0.29, 0.717) is 17.9 Å². The first-order valence-electron chi connectivity index (χ1n) is 7.30. The van der Waals surface area contributed by atoms with Crippen LogP contribution in [0.15, 0.2) is 66.6 Å². The van der Waals surface area contributed by atoms with Crippen LogP contribution in [0.5, 0.6) is 0 Å². The number of carbonyl (C=O) groups excluding carboxylic acids is 1. The van der Waals surface area contributed by atoms with Crippen LogP contribution in [0.2, 0.25) is 0 Å². The van der Waals surface area contributed by atoms with Crippen LogP contribution in [0, 0.1) is 0 Å². The molecule has 0 radical (unpaired) electrons. The first-order valence-corrected chi connectivity index (χ1v) is 9.17. The third-order valence-corrected chi connectivity index (χ3v) is 5.52. The highest BCUT2D eigenvalue weighted by Crippen LogP contribution is 2.34. The van der Waals surface area contributed by atoms with Gasteiger partial charge in [0.25, 0.3) is 5.91 Å². The van der Waals surface area contributed by atoms with Gasteiger partial charge in [-0.2, -0.15) is 5.10 Å². The van der Waals surface area contributed by atoms with Crippen LogP contribution in [-0.4, -0.2) is 27.4 Å². The molecule has 0 spiro atoms. The fraction of sp³-hybridized carbons (Fsp3) is 0.188. The highest BCUT2D eigenvalue weighted by atomic mass is 32.2. The lowest BCUT2D eigenvalue weighted by molar-refractivity contribution is -0.130. The van der Waals surface area contributed by atoms with E-state index < -0.39 is 0 Å². The van der Waals surface area contributed by atoms with Crippen molar-refractivity contribution in [2.45, 2.75) is 16.8 Å². The van der Waals surface area contributed by atoms with Gasteiger partial charge in [-0.25, -0.2) is 9.99 Å². The molecule has 1 unspecified atom stereocenters. The number of thioether (sulfide) groups is 1. The van der Waals surface area contributed by atoms with E-state index >= 15 is 0 Å². The van der Waals surface area contributed by atoms with E-state index in [1.165, 1.54) is 28.1 Å². The third-order valence-electron chi connectivity index (χ3n) is 3.57. The number of thiazole rings is 1. The van der Waals surface area contributed by atoms with Crippen LogP contribution in [-0.2, 0) is 4.79 Å². The maximum absolute atomic E-state index is 12.7. The highest BCUT2D eigenvalue weighted by molar-refractivity contribution is 8.01. The average molecular weight is 359 g/mol. The standard InChI is InChI=1S/C16H13N3O3S2/c20-15(10-24-16-17-5-8-23-16)19-12(14-4-2-7-22-14)9-11(18-19)13-3-1-6-21-13/h1-8,12H,9-10H2. The molecule has 1 aliphatic rings. The van der Waals surface area contributed by atoms with Gasteiger partial charge < -0.3 is 8.83 Å². The van der Waals surface area contributed by atoms with E-state index in [-0.39, 0.29) is 17.7 Å². The number of amides is 1.